The smallest absolute Gasteiger partial charge is 0.247 e. The molecule has 2 heterocycles. The number of alkyl halides is 1. The van der Waals surface area contributed by atoms with Crippen molar-refractivity contribution in [2.24, 2.45) is 0 Å². The molecule has 1 atom stereocenters. The van der Waals surface area contributed by atoms with Gasteiger partial charge < -0.3 is 9.15 Å². The summed E-state index contributed by atoms with van der Waals surface area (Å²) < 4.78 is 11.2. The Labute approximate surface area is 94.0 Å². The van der Waals surface area contributed by atoms with Crippen molar-refractivity contribution in [3.63, 3.8) is 0 Å². The molecule has 5 heteroatoms. The fourth-order valence-electron chi connectivity index (χ4n) is 1.73. The molecule has 0 amide bonds. The lowest BCUT2D eigenvalue weighted by atomic mass is 10.0. The van der Waals surface area contributed by atoms with Gasteiger partial charge in [0.1, 0.15) is 5.60 Å². The van der Waals surface area contributed by atoms with E-state index in [1.54, 1.807) is 0 Å². The van der Waals surface area contributed by atoms with Gasteiger partial charge in [0.15, 0.2) is 0 Å². The van der Waals surface area contributed by atoms with Crippen molar-refractivity contribution in [2.75, 3.05) is 12.5 Å². The first-order valence-corrected chi connectivity index (χ1v) is 5.81. The minimum absolute atomic E-state index is 0.369. The number of aryl methyl sites for hydroxylation is 1. The second-order valence-electron chi connectivity index (χ2n) is 3.98. The van der Waals surface area contributed by atoms with E-state index in [9.17, 15) is 0 Å². The fraction of sp³-hybridized carbons (Fsp3) is 0.800. The van der Waals surface area contributed by atoms with Crippen LogP contribution in [0.2, 0.25) is 0 Å². The Kier molecular flexibility index (Phi) is 3.26. The number of hydrogen-bond acceptors (Lipinski definition) is 4. The third kappa shape index (κ3) is 2.32. The van der Waals surface area contributed by atoms with E-state index in [2.05, 4.69) is 10.2 Å². The van der Waals surface area contributed by atoms with Crippen molar-refractivity contribution in [3.8, 4) is 0 Å². The predicted octanol–water partition coefficient (Wildman–Crippen LogP) is 2.27. The molecule has 1 aromatic rings. The Morgan fingerprint density at radius 1 is 1.47 bits per heavy atom. The van der Waals surface area contributed by atoms with E-state index in [-0.39, 0.29) is 5.60 Å². The lowest BCUT2D eigenvalue weighted by Crippen LogP contribution is -2.20. The number of halogens is 1. The summed E-state index contributed by atoms with van der Waals surface area (Å²) in [6.45, 7) is 2.77. The van der Waals surface area contributed by atoms with Gasteiger partial charge in [0.05, 0.1) is 0 Å². The highest BCUT2D eigenvalue weighted by Gasteiger charge is 2.37. The molecule has 15 heavy (non-hydrogen) atoms. The summed E-state index contributed by atoms with van der Waals surface area (Å²) in [5.41, 5.74) is -0.369. The molecule has 2 rings (SSSR count). The Hall–Kier alpha value is -0.610. The van der Waals surface area contributed by atoms with Gasteiger partial charge in [-0.1, -0.05) is 0 Å². The Morgan fingerprint density at radius 3 is 3.00 bits per heavy atom. The molecule has 1 saturated heterocycles. The molecule has 0 aromatic carbocycles. The van der Waals surface area contributed by atoms with E-state index in [1.807, 2.05) is 6.92 Å². The van der Waals surface area contributed by atoms with E-state index in [0.29, 0.717) is 17.7 Å². The molecule has 0 bridgehead atoms. The molecule has 0 N–H and O–H groups in total. The Bertz CT molecular complexity index is 321. The van der Waals surface area contributed by atoms with Gasteiger partial charge in [-0.05, 0) is 26.2 Å². The third-order valence-corrected chi connectivity index (χ3v) is 2.93. The zero-order valence-corrected chi connectivity index (χ0v) is 9.59. The number of nitrogens with zero attached hydrogens (tertiary/aromatic N) is 2. The second-order valence-corrected chi connectivity index (χ2v) is 4.35. The molecule has 0 saturated carbocycles. The highest BCUT2D eigenvalue weighted by Crippen LogP contribution is 2.34. The molecule has 1 aromatic heterocycles. The van der Waals surface area contributed by atoms with E-state index >= 15 is 0 Å². The zero-order chi connectivity index (χ0) is 10.7. The quantitative estimate of drug-likeness (QED) is 0.745. The van der Waals surface area contributed by atoms with E-state index in [1.165, 1.54) is 0 Å². The molecule has 0 radical (unpaired) electrons. The molecule has 0 aliphatic carbocycles. The number of rotatable bonds is 4. The standard InChI is InChI=1S/C10H15ClN2O2/c1-10(5-3-7-14-10)9-13-12-8(15-9)4-2-6-11/h2-7H2,1H3. The summed E-state index contributed by atoms with van der Waals surface area (Å²) in [7, 11) is 0. The molecule has 1 aliphatic heterocycles. The van der Waals surface area contributed by atoms with Crippen LogP contribution in [0.3, 0.4) is 0 Å². The van der Waals surface area contributed by atoms with Crippen LogP contribution in [-0.4, -0.2) is 22.7 Å². The molecule has 0 spiro atoms. The Morgan fingerprint density at radius 2 is 2.33 bits per heavy atom. The number of ether oxygens (including phenoxy) is 1. The average Bonchev–Trinajstić information content (AvgIpc) is 2.84. The van der Waals surface area contributed by atoms with Crippen molar-refractivity contribution in [1.29, 1.82) is 0 Å². The summed E-state index contributed by atoms with van der Waals surface area (Å²) >= 11 is 5.60. The predicted molar refractivity (Wildman–Crippen MR) is 55.9 cm³/mol. The van der Waals surface area contributed by atoms with Crippen molar-refractivity contribution < 1.29 is 9.15 Å². The third-order valence-electron chi connectivity index (χ3n) is 2.66. The summed E-state index contributed by atoms with van der Waals surface area (Å²) in [4.78, 5) is 0. The van der Waals surface area contributed by atoms with Crippen molar-refractivity contribution in [3.05, 3.63) is 11.8 Å². The largest absolute Gasteiger partial charge is 0.422 e. The molecule has 84 valence electrons. The van der Waals surface area contributed by atoms with Crippen molar-refractivity contribution >= 4 is 11.6 Å². The van der Waals surface area contributed by atoms with Crippen LogP contribution in [0.15, 0.2) is 4.42 Å². The highest BCUT2D eigenvalue weighted by molar-refractivity contribution is 6.17. The maximum atomic E-state index is 5.62. The van der Waals surface area contributed by atoms with Gasteiger partial charge in [-0.15, -0.1) is 21.8 Å². The zero-order valence-electron chi connectivity index (χ0n) is 8.83. The molecule has 1 unspecified atom stereocenters. The van der Waals surface area contributed by atoms with Crippen LogP contribution in [-0.2, 0) is 16.8 Å². The minimum atomic E-state index is -0.369. The number of aromatic nitrogens is 2. The van der Waals surface area contributed by atoms with Crippen LogP contribution < -0.4 is 0 Å². The normalized spacial score (nSPS) is 26.0. The van der Waals surface area contributed by atoms with Crippen LogP contribution in [0.25, 0.3) is 0 Å². The van der Waals surface area contributed by atoms with Crippen molar-refractivity contribution in [1.82, 2.24) is 10.2 Å². The molecule has 4 nitrogen and oxygen atoms in total. The summed E-state index contributed by atoms with van der Waals surface area (Å²) in [6.07, 6.45) is 3.60. The molecule has 1 fully saturated rings. The highest BCUT2D eigenvalue weighted by atomic mass is 35.5. The SMILES string of the molecule is CC1(c2nnc(CCCCl)o2)CCCO1. The van der Waals surface area contributed by atoms with E-state index < -0.39 is 0 Å². The second kappa shape index (κ2) is 4.49. The van der Waals surface area contributed by atoms with Gasteiger partial charge in [-0.25, -0.2) is 0 Å². The molecule has 1 aliphatic rings. The Balaban J connectivity index is 2.05. The first-order chi connectivity index (χ1) is 7.24. The maximum Gasteiger partial charge on any atom is 0.247 e. The summed E-state index contributed by atoms with van der Waals surface area (Å²) in [6, 6.07) is 0. The fourth-order valence-corrected chi connectivity index (χ4v) is 1.87. The van der Waals surface area contributed by atoms with Crippen LogP contribution in [0.4, 0.5) is 0 Å². The van der Waals surface area contributed by atoms with Gasteiger partial charge in [-0.2, -0.15) is 0 Å². The van der Waals surface area contributed by atoms with E-state index in [4.69, 9.17) is 20.8 Å². The average molecular weight is 231 g/mol. The number of hydrogen-bond donors (Lipinski definition) is 0. The van der Waals surface area contributed by atoms with Gasteiger partial charge in [0, 0.05) is 18.9 Å². The van der Waals surface area contributed by atoms with Crippen LogP contribution in [0.1, 0.15) is 38.0 Å². The van der Waals surface area contributed by atoms with Crippen LogP contribution in [0.5, 0.6) is 0 Å². The van der Waals surface area contributed by atoms with Gasteiger partial charge >= 0.3 is 0 Å². The lowest BCUT2D eigenvalue weighted by Gasteiger charge is -2.17. The molecular weight excluding hydrogens is 216 g/mol. The van der Waals surface area contributed by atoms with Crippen LogP contribution >= 0.6 is 11.6 Å². The first kappa shape index (κ1) is 10.9. The first-order valence-electron chi connectivity index (χ1n) is 5.27. The maximum absolute atomic E-state index is 5.62. The van der Waals surface area contributed by atoms with Gasteiger partial charge in [-0.3, -0.25) is 0 Å². The minimum Gasteiger partial charge on any atom is -0.422 e. The molecular formula is C10H15ClN2O2. The summed E-state index contributed by atoms with van der Waals surface area (Å²) in [5.74, 6) is 1.87. The monoisotopic (exact) mass is 230 g/mol. The lowest BCUT2D eigenvalue weighted by molar-refractivity contribution is -0.00613. The van der Waals surface area contributed by atoms with E-state index in [0.717, 1.165) is 32.3 Å². The van der Waals surface area contributed by atoms with Crippen LogP contribution in [0, 0.1) is 0 Å². The van der Waals surface area contributed by atoms with Crippen molar-refractivity contribution in [2.45, 2.75) is 38.2 Å². The van der Waals surface area contributed by atoms with Gasteiger partial charge in [0.25, 0.3) is 0 Å². The summed E-state index contributed by atoms with van der Waals surface area (Å²) in [5, 5.41) is 8.03. The van der Waals surface area contributed by atoms with Gasteiger partial charge in [0.2, 0.25) is 11.8 Å². The topological polar surface area (TPSA) is 48.2 Å².